The van der Waals surface area contributed by atoms with Crippen LogP contribution in [0, 0.1) is 0 Å². The fourth-order valence-corrected chi connectivity index (χ4v) is 1.23. The molecule has 2 N–H and O–H groups in total. The van der Waals surface area contributed by atoms with Gasteiger partial charge in [0.25, 0.3) is 5.91 Å². The molecule has 0 spiro atoms. The minimum absolute atomic E-state index is 0.243. The molecular formula is C13H13F3N2O2. The van der Waals surface area contributed by atoms with E-state index < -0.39 is 12.1 Å². The molecule has 1 aromatic rings. The van der Waals surface area contributed by atoms with Crippen LogP contribution >= 0.6 is 0 Å². The number of rotatable bonds is 4. The largest absolute Gasteiger partial charge is 0.471 e. The van der Waals surface area contributed by atoms with Crippen LogP contribution in [-0.4, -0.2) is 18.0 Å². The van der Waals surface area contributed by atoms with Crippen LogP contribution in [0.3, 0.4) is 0 Å². The minimum atomic E-state index is -4.89. The molecule has 0 bridgehead atoms. The average Bonchev–Trinajstić information content (AvgIpc) is 2.36. The molecular weight excluding hydrogens is 273 g/mol. The number of amides is 2. The SMILES string of the molecule is C=C(C)C(=O)Nc1ccc(CNC(=O)C(F)(F)F)cc1. The first-order chi connectivity index (χ1) is 9.20. The first kappa shape index (κ1) is 15.7. The average molecular weight is 286 g/mol. The summed E-state index contributed by atoms with van der Waals surface area (Å²) in [6.45, 7) is 4.78. The number of benzene rings is 1. The van der Waals surface area contributed by atoms with E-state index in [1.54, 1.807) is 12.2 Å². The topological polar surface area (TPSA) is 58.2 Å². The number of carbonyl (C=O) groups is 2. The Morgan fingerprint density at radius 1 is 1.20 bits per heavy atom. The lowest BCUT2D eigenvalue weighted by Crippen LogP contribution is -2.36. The Hall–Kier alpha value is -2.31. The second kappa shape index (κ2) is 6.23. The summed E-state index contributed by atoms with van der Waals surface area (Å²) in [4.78, 5) is 22.0. The van der Waals surface area contributed by atoms with Crippen molar-refractivity contribution >= 4 is 17.5 Å². The molecule has 0 atom stereocenters. The van der Waals surface area contributed by atoms with Crippen molar-refractivity contribution in [3.8, 4) is 0 Å². The van der Waals surface area contributed by atoms with Crippen molar-refractivity contribution in [2.24, 2.45) is 0 Å². The third-order valence-electron chi connectivity index (χ3n) is 2.31. The zero-order valence-electron chi connectivity index (χ0n) is 10.7. The molecule has 1 rings (SSSR count). The van der Waals surface area contributed by atoms with Gasteiger partial charge < -0.3 is 10.6 Å². The van der Waals surface area contributed by atoms with E-state index in [0.717, 1.165) is 0 Å². The molecule has 0 fully saturated rings. The molecule has 0 radical (unpaired) electrons. The van der Waals surface area contributed by atoms with Gasteiger partial charge in [0.05, 0.1) is 0 Å². The smallest absolute Gasteiger partial charge is 0.344 e. The number of hydrogen-bond acceptors (Lipinski definition) is 2. The van der Waals surface area contributed by atoms with E-state index in [0.29, 0.717) is 16.8 Å². The Bertz CT molecular complexity index is 521. The molecule has 0 saturated carbocycles. The van der Waals surface area contributed by atoms with Crippen molar-refractivity contribution in [2.45, 2.75) is 19.6 Å². The van der Waals surface area contributed by atoms with Gasteiger partial charge >= 0.3 is 12.1 Å². The summed E-state index contributed by atoms with van der Waals surface area (Å²) in [5.41, 5.74) is 1.31. The normalized spacial score (nSPS) is 10.8. The summed E-state index contributed by atoms with van der Waals surface area (Å²) < 4.78 is 35.9. The Kier molecular flexibility index (Phi) is 4.90. The van der Waals surface area contributed by atoms with Crippen LogP contribution in [0.5, 0.6) is 0 Å². The molecule has 2 amide bonds. The van der Waals surface area contributed by atoms with Gasteiger partial charge in [-0.1, -0.05) is 18.7 Å². The van der Waals surface area contributed by atoms with Crippen LogP contribution in [0.1, 0.15) is 12.5 Å². The summed E-state index contributed by atoms with van der Waals surface area (Å²) in [6, 6.07) is 6.06. The molecule has 0 aromatic heterocycles. The van der Waals surface area contributed by atoms with E-state index >= 15 is 0 Å². The van der Waals surface area contributed by atoms with Crippen LogP contribution in [-0.2, 0) is 16.1 Å². The second-order valence-corrected chi connectivity index (χ2v) is 4.11. The van der Waals surface area contributed by atoms with E-state index in [4.69, 9.17) is 0 Å². The first-order valence-electron chi connectivity index (χ1n) is 5.61. The van der Waals surface area contributed by atoms with Crippen LogP contribution in [0.25, 0.3) is 0 Å². The monoisotopic (exact) mass is 286 g/mol. The van der Waals surface area contributed by atoms with E-state index in [-0.39, 0.29) is 12.5 Å². The number of halogens is 3. The number of carbonyl (C=O) groups excluding carboxylic acids is 2. The van der Waals surface area contributed by atoms with Crippen molar-refractivity contribution in [2.75, 3.05) is 5.32 Å². The van der Waals surface area contributed by atoms with E-state index in [1.807, 2.05) is 0 Å². The van der Waals surface area contributed by atoms with Gasteiger partial charge in [0.1, 0.15) is 0 Å². The predicted molar refractivity (Wildman–Crippen MR) is 67.8 cm³/mol. The van der Waals surface area contributed by atoms with Crippen molar-refractivity contribution in [3.05, 3.63) is 42.0 Å². The minimum Gasteiger partial charge on any atom is -0.344 e. The number of alkyl halides is 3. The highest BCUT2D eigenvalue weighted by Gasteiger charge is 2.38. The highest BCUT2D eigenvalue weighted by Crippen LogP contribution is 2.15. The van der Waals surface area contributed by atoms with Crippen molar-refractivity contribution in [3.63, 3.8) is 0 Å². The Labute approximate surface area is 113 Å². The zero-order valence-corrected chi connectivity index (χ0v) is 10.7. The quantitative estimate of drug-likeness (QED) is 0.835. The predicted octanol–water partition coefficient (Wildman–Crippen LogP) is 2.38. The van der Waals surface area contributed by atoms with Crippen molar-refractivity contribution in [1.82, 2.24) is 5.32 Å². The number of anilines is 1. The van der Waals surface area contributed by atoms with Gasteiger partial charge in [0.15, 0.2) is 0 Å². The lowest BCUT2D eigenvalue weighted by Gasteiger charge is -2.09. The summed E-state index contributed by atoms with van der Waals surface area (Å²) >= 11 is 0. The van der Waals surface area contributed by atoms with Crippen LogP contribution in [0.15, 0.2) is 36.4 Å². The van der Waals surface area contributed by atoms with Gasteiger partial charge in [-0.2, -0.15) is 13.2 Å². The lowest BCUT2D eigenvalue weighted by molar-refractivity contribution is -0.173. The third kappa shape index (κ3) is 4.75. The summed E-state index contributed by atoms with van der Waals surface area (Å²) in [7, 11) is 0. The molecule has 0 unspecified atom stereocenters. The summed E-state index contributed by atoms with van der Waals surface area (Å²) in [5.74, 6) is -2.33. The maximum absolute atomic E-state index is 12.0. The highest BCUT2D eigenvalue weighted by molar-refractivity contribution is 6.02. The molecule has 0 aliphatic heterocycles. The first-order valence-corrected chi connectivity index (χ1v) is 5.61. The molecule has 0 heterocycles. The Balaban J connectivity index is 2.57. The molecule has 4 nitrogen and oxygen atoms in total. The summed E-state index contributed by atoms with van der Waals surface area (Å²) in [6.07, 6.45) is -4.89. The maximum Gasteiger partial charge on any atom is 0.471 e. The second-order valence-electron chi connectivity index (χ2n) is 4.11. The van der Waals surface area contributed by atoms with Crippen molar-refractivity contribution < 1.29 is 22.8 Å². The Morgan fingerprint density at radius 3 is 2.20 bits per heavy atom. The van der Waals surface area contributed by atoms with E-state index in [1.165, 1.54) is 24.3 Å². The Morgan fingerprint density at radius 2 is 1.75 bits per heavy atom. The van der Waals surface area contributed by atoms with Gasteiger partial charge in [0, 0.05) is 17.8 Å². The molecule has 1 aromatic carbocycles. The molecule has 7 heteroatoms. The fourth-order valence-electron chi connectivity index (χ4n) is 1.23. The van der Waals surface area contributed by atoms with E-state index in [2.05, 4.69) is 11.9 Å². The summed E-state index contributed by atoms with van der Waals surface area (Å²) in [5, 5.41) is 4.30. The molecule has 0 aliphatic rings. The van der Waals surface area contributed by atoms with Crippen molar-refractivity contribution in [1.29, 1.82) is 0 Å². The molecule has 20 heavy (non-hydrogen) atoms. The zero-order chi connectivity index (χ0) is 15.3. The van der Waals surface area contributed by atoms with Gasteiger partial charge in [-0.3, -0.25) is 9.59 Å². The number of nitrogens with one attached hydrogen (secondary N) is 2. The standard InChI is InChI=1S/C13H13F3N2O2/c1-8(2)11(19)18-10-5-3-9(4-6-10)7-17-12(20)13(14,15)16/h3-6H,1,7H2,2H3,(H,17,20)(H,18,19). The fraction of sp³-hybridized carbons (Fsp3) is 0.231. The lowest BCUT2D eigenvalue weighted by atomic mass is 10.2. The van der Waals surface area contributed by atoms with Gasteiger partial charge in [-0.05, 0) is 24.6 Å². The van der Waals surface area contributed by atoms with Crippen LogP contribution in [0.2, 0.25) is 0 Å². The maximum atomic E-state index is 12.0. The number of hydrogen-bond donors (Lipinski definition) is 2. The molecule has 108 valence electrons. The van der Waals surface area contributed by atoms with E-state index in [9.17, 15) is 22.8 Å². The van der Waals surface area contributed by atoms with Crippen LogP contribution in [0.4, 0.5) is 18.9 Å². The van der Waals surface area contributed by atoms with Crippen LogP contribution < -0.4 is 10.6 Å². The molecule has 0 aliphatic carbocycles. The van der Waals surface area contributed by atoms with Gasteiger partial charge in [-0.15, -0.1) is 0 Å². The third-order valence-corrected chi connectivity index (χ3v) is 2.31. The molecule has 0 saturated heterocycles. The highest BCUT2D eigenvalue weighted by atomic mass is 19.4. The van der Waals surface area contributed by atoms with Gasteiger partial charge in [-0.25, -0.2) is 0 Å². The van der Waals surface area contributed by atoms with Gasteiger partial charge in [0.2, 0.25) is 0 Å².